The number of halogens is 1. The van der Waals surface area contributed by atoms with Crippen molar-refractivity contribution in [3.8, 4) is 0 Å². The van der Waals surface area contributed by atoms with Crippen LogP contribution in [0.3, 0.4) is 0 Å². The Hall–Kier alpha value is -0.570. The fourth-order valence-electron chi connectivity index (χ4n) is 1.03. The summed E-state index contributed by atoms with van der Waals surface area (Å²) in [5, 5.41) is 0. The molecule has 0 N–H and O–H groups in total. The standard InChI is InChI=1S/C9H12BrNO/c1-3-7(2)11-6-4-5-8(10)9(11)12/h4-7H,3H2,1-2H3. The van der Waals surface area contributed by atoms with Gasteiger partial charge in [-0.1, -0.05) is 6.92 Å². The molecular weight excluding hydrogens is 218 g/mol. The Labute approximate surface area is 80.3 Å². The van der Waals surface area contributed by atoms with Crippen LogP contribution < -0.4 is 5.56 Å². The molecule has 1 atom stereocenters. The summed E-state index contributed by atoms with van der Waals surface area (Å²) in [6.45, 7) is 4.10. The molecule has 66 valence electrons. The maximum Gasteiger partial charge on any atom is 0.265 e. The molecule has 1 rings (SSSR count). The number of hydrogen-bond donors (Lipinski definition) is 0. The van der Waals surface area contributed by atoms with Crippen LogP contribution in [0.15, 0.2) is 27.6 Å². The number of hydrogen-bond acceptors (Lipinski definition) is 1. The molecule has 1 aromatic rings. The summed E-state index contributed by atoms with van der Waals surface area (Å²) in [6, 6.07) is 3.91. The predicted molar refractivity (Wildman–Crippen MR) is 53.4 cm³/mol. The molecule has 0 saturated heterocycles. The van der Waals surface area contributed by atoms with E-state index in [9.17, 15) is 4.79 Å². The third-order valence-electron chi connectivity index (χ3n) is 1.99. The SMILES string of the molecule is CCC(C)n1cccc(Br)c1=O. The maximum atomic E-state index is 11.5. The van der Waals surface area contributed by atoms with Crippen LogP contribution in [-0.2, 0) is 0 Å². The molecule has 0 saturated carbocycles. The van der Waals surface area contributed by atoms with Crippen LogP contribution in [0.4, 0.5) is 0 Å². The average Bonchev–Trinajstić information content (AvgIpc) is 2.08. The first kappa shape index (κ1) is 9.52. The average molecular weight is 230 g/mol. The molecule has 0 bridgehead atoms. The topological polar surface area (TPSA) is 22.0 Å². The van der Waals surface area contributed by atoms with Gasteiger partial charge in [0.2, 0.25) is 0 Å². The first-order chi connectivity index (χ1) is 5.66. The van der Waals surface area contributed by atoms with Crippen LogP contribution in [0.5, 0.6) is 0 Å². The second kappa shape index (κ2) is 3.90. The first-order valence-corrected chi connectivity index (χ1v) is 4.82. The van der Waals surface area contributed by atoms with E-state index in [1.54, 1.807) is 10.6 Å². The minimum atomic E-state index is 0.0480. The molecule has 0 aliphatic rings. The molecule has 0 aliphatic carbocycles. The van der Waals surface area contributed by atoms with Gasteiger partial charge in [-0.15, -0.1) is 0 Å². The summed E-state index contributed by atoms with van der Waals surface area (Å²) in [5.41, 5.74) is 0.0480. The normalized spacial score (nSPS) is 12.9. The largest absolute Gasteiger partial charge is 0.312 e. The molecule has 1 heterocycles. The maximum absolute atomic E-state index is 11.5. The molecule has 12 heavy (non-hydrogen) atoms. The van der Waals surface area contributed by atoms with Gasteiger partial charge in [-0.3, -0.25) is 4.79 Å². The Morgan fingerprint density at radius 3 is 2.92 bits per heavy atom. The Morgan fingerprint density at radius 1 is 1.67 bits per heavy atom. The Bertz CT molecular complexity index is 319. The number of rotatable bonds is 2. The van der Waals surface area contributed by atoms with Crippen molar-refractivity contribution < 1.29 is 0 Å². The highest BCUT2D eigenvalue weighted by atomic mass is 79.9. The zero-order chi connectivity index (χ0) is 9.14. The van der Waals surface area contributed by atoms with E-state index < -0.39 is 0 Å². The summed E-state index contributed by atoms with van der Waals surface area (Å²) in [4.78, 5) is 11.5. The van der Waals surface area contributed by atoms with Gasteiger partial charge in [-0.25, -0.2) is 0 Å². The molecule has 1 aromatic heterocycles. The van der Waals surface area contributed by atoms with E-state index in [0.29, 0.717) is 4.47 Å². The van der Waals surface area contributed by atoms with Gasteiger partial charge in [-0.2, -0.15) is 0 Å². The van der Waals surface area contributed by atoms with Crippen molar-refractivity contribution in [3.05, 3.63) is 33.2 Å². The fraction of sp³-hybridized carbons (Fsp3) is 0.444. The van der Waals surface area contributed by atoms with E-state index in [0.717, 1.165) is 6.42 Å². The van der Waals surface area contributed by atoms with Crippen LogP contribution >= 0.6 is 15.9 Å². The third-order valence-corrected chi connectivity index (χ3v) is 2.60. The zero-order valence-corrected chi connectivity index (χ0v) is 8.84. The number of aromatic nitrogens is 1. The summed E-state index contributed by atoms with van der Waals surface area (Å²) in [5.74, 6) is 0. The molecule has 0 aliphatic heterocycles. The van der Waals surface area contributed by atoms with E-state index in [1.165, 1.54) is 0 Å². The smallest absolute Gasteiger partial charge is 0.265 e. The number of nitrogens with zero attached hydrogens (tertiary/aromatic N) is 1. The Kier molecular flexibility index (Phi) is 3.09. The molecule has 0 aromatic carbocycles. The Balaban J connectivity index is 3.17. The van der Waals surface area contributed by atoms with Crippen molar-refractivity contribution in [1.82, 2.24) is 4.57 Å². The van der Waals surface area contributed by atoms with Gasteiger partial charge in [0.1, 0.15) is 0 Å². The minimum Gasteiger partial charge on any atom is -0.312 e. The quantitative estimate of drug-likeness (QED) is 0.765. The summed E-state index contributed by atoms with van der Waals surface area (Å²) in [7, 11) is 0. The second-order valence-electron chi connectivity index (χ2n) is 2.83. The molecular formula is C9H12BrNO. The van der Waals surface area contributed by atoms with Gasteiger partial charge in [0.15, 0.2) is 0 Å². The van der Waals surface area contributed by atoms with Gasteiger partial charge < -0.3 is 4.57 Å². The highest BCUT2D eigenvalue weighted by Crippen LogP contribution is 2.08. The highest BCUT2D eigenvalue weighted by molar-refractivity contribution is 9.10. The molecule has 3 heteroatoms. The first-order valence-electron chi connectivity index (χ1n) is 4.03. The van der Waals surface area contributed by atoms with E-state index in [4.69, 9.17) is 0 Å². The summed E-state index contributed by atoms with van der Waals surface area (Å²) < 4.78 is 2.37. The summed E-state index contributed by atoms with van der Waals surface area (Å²) in [6.07, 6.45) is 2.79. The molecule has 1 unspecified atom stereocenters. The highest BCUT2D eigenvalue weighted by Gasteiger charge is 2.04. The van der Waals surface area contributed by atoms with Gasteiger partial charge in [0, 0.05) is 12.2 Å². The van der Waals surface area contributed by atoms with Gasteiger partial charge >= 0.3 is 0 Å². The summed E-state index contributed by atoms with van der Waals surface area (Å²) >= 11 is 3.21. The van der Waals surface area contributed by atoms with E-state index in [1.807, 2.05) is 19.2 Å². The van der Waals surface area contributed by atoms with Crippen LogP contribution in [0.2, 0.25) is 0 Å². The minimum absolute atomic E-state index is 0.0480. The lowest BCUT2D eigenvalue weighted by atomic mass is 10.2. The van der Waals surface area contributed by atoms with Crippen molar-refractivity contribution in [2.75, 3.05) is 0 Å². The third kappa shape index (κ3) is 1.78. The van der Waals surface area contributed by atoms with Crippen molar-refractivity contribution in [3.63, 3.8) is 0 Å². The fourth-order valence-corrected chi connectivity index (χ4v) is 1.38. The monoisotopic (exact) mass is 229 g/mol. The number of pyridine rings is 1. The van der Waals surface area contributed by atoms with Crippen LogP contribution in [0, 0.1) is 0 Å². The second-order valence-corrected chi connectivity index (χ2v) is 3.68. The Morgan fingerprint density at radius 2 is 2.33 bits per heavy atom. The van der Waals surface area contributed by atoms with Crippen molar-refractivity contribution >= 4 is 15.9 Å². The van der Waals surface area contributed by atoms with Crippen molar-refractivity contribution in [1.29, 1.82) is 0 Å². The zero-order valence-electron chi connectivity index (χ0n) is 7.25. The lowest BCUT2D eigenvalue weighted by Gasteiger charge is -2.12. The predicted octanol–water partition coefficient (Wildman–Crippen LogP) is 2.58. The molecule has 0 spiro atoms. The van der Waals surface area contributed by atoms with Crippen molar-refractivity contribution in [2.24, 2.45) is 0 Å². The molecule has 0 fully saturated rings. The van der Waals surface area contributed by atoms with E-state index in [-0.39, 0.29) is 11.6 Å². The molecule has 0 amide bonds. The van der Waals surface area contributed by atoms with E-state index in [2.05, 4.69) is 22.9 Å². The molecule has 0 radical (unpaired) electrons. The lowest BCUT2D eigenvalue weighted by Crippen LogP contribution is -2.22. The van der Waals surface area contributed by atoms with Crippen LogP contribution in [0.25, 0.3) is 0 Å². The van der Waals surface area contributed by atoms with E-state index >= 15 is 0 Å². The van der Waals surface area contributed by atoms with Gasteiger partial charge in [0.05, 0.1) is 4.47 Å². The van der Waals surface area contributed by atoms with Crippen molar-refractivity contribution in [2.45, 2.75) is 26.3 Å². The van der Waals surface area contributed by atoms with Gasteiger partial charge in [-0.05, 0) is 41.4 Å². The van der Waals surface area contributed by atoms with Gasteiger partial charge in [0.25, 0.3) is 5.56 Å². The molecule has 2 nitrogen and oxygen atoms in total. The van der Waals surface area contributed by atoms with Crippen LogP contribution in [0.1, 0.15) is 26.3 Å². The lowest BCUT2D eigenvalue weighted by molar-refractivity contribution is 0.513. The van der Waals surface area contributed by atoms with Crippen LogP contribution in [-0.4, -0.2) is 4.57 Å².